The van der Waals surface area contributed by atoms with Crippen molar-refractivity contribution >= 4 is 29.1 Å². The van der Waals surface area contributed by atoms with Crippen molar-refractivity contribution in [3.05, 3.63) is 40.8 Å². The topological polar surface area (TPSA) is 70.3 Å². The molecule has 1 heterocycles. The first kappa shape index (κ1) is 15.4. The summed E-state index contributed by atoms with van der Waals surface area (Å²) in [5, 5.41) is 18.9. The fourth-order valence-electron chi connectivity index (χ4n) is 1.63. The van der Waals surface area contributed by atoms with E-state index in [9.17, 15) is 15.2 Å². The standard InChI is InChI=1S/C15H13NO3S2/c1-9(2)20-15-11(8-16)12(13(21-15)14(17)18)19-10-6-4-3-5-7-10/h3-7,9H,1-2H3,(H,17,18). The third-order valence-corrected chi connectivity index (χ3v) is 4.83. The second-order valence-corrected chi connectivity index (χ2v) is 7.29. The Morgan fingerprint density at radius 1 is 1.38 bits per heavy atom. The number of nitriles is 1. The fourth-order valence-corrected chi connectivity index (χ4v) is 4.09. The third-order valence-electron chi connectivity index (χ3n) is 2.44. The van der Waals surface area contributed by atoms with Crippen LogP contribution in [-0.4, -0.2) is 16.3 Å². The van der Waals surface area contributed by atoms with Gasteiger partial charge in [-0.15, -0.1) is 23.1 Å². The molecule has 0 spiro atoms. The number of ether oxygens (including phenoxy) is 1. The number of aromatic carboxylic acids is 1. The molecule has 1 aromatic carbocycles. The van der Waals surface area contributed by atoms with E-state index in [-0.39, 0.29) is 15.9 Å². The van der Waals surface area contributed by atoms with Gasteiger partial charge in [0.05, 0.1) is 4.21 Å². The van der Waals surface area contributed by atoms with Gasteiger partial charge in [-0.1, -0.05) is 32.0 Å². The van der Waals surface area contributed by atoms with Crippen LogP contribution in [0.3, 0.4) is 0 Å². The van der Waals surface area contributed by atoms with Gasteiger partial charge in [0.1, 0.15) is 17.4 Å². The van der Waals surface area contributed by atoms with E-state index in [1.54, 1.807) is 24.3 Å². The highest BCUT2D eigenvalue weighted by molar-refractivity contribution is 8.01. The van der Waals surface area contributed by atoms with Crippen molar-refractivity contribution in [1.29, 1.82) is 5.26 Å². The van der Waals surface area contributed by atoms with Crippen LogP contribution in [-0.2, 0) is 0 Å². The molecule has 6 heteroatoms. The summed E-state index contributed by atoms with van der Waals surface area (Å²) in [6, 6.07) is 10.9. The first-order chi connectivity index (χ1) is 10.0. The molecule has 0 radical (unpaired) electrons. The van der Waals surface area contributed by atoms with Crippen LogP contribution in [0.15, 0.2) is 34.5 Å². The predicted molar refractivity (Wildman–Crippen MR) is 83.5 cm³/mol. The Morgan fingerprint density at radius 2 is 2.05 bits per heavy atom. The molecule has 0 aliphatic carbocycles. The zero-order valence-electron chi connectivity index (χ0n) is 11.5. The normalized spacial score (nSPS) is 10.4. The lowest BCUT2D eigenvalue weighted by molar-refractivity contribution is 0.0699. The number of para-hydroxylation sites is 1. The molecule has 0 saturated carbocycles. The quantitative estimate of drug-likeness (QED) is 0.815. The number of carboxylic acids is 1. The summed E-state index contributed by atoms with van der Waals surface area (Å²) < 4.78 is 6.33. The summed E-state index contributed by atoms with van der Waals surface area (Å²) in [6.07, 6.45) is 0. The van der Waals surface area contributed by atoms with E-state index in [2.05, 4.69) is 6.07 Å². The first-order valence-corrected chi connectivity index (χ1v) is 7.92. The number of thiophene rings is 1. The van der Waals surface area contributed by atoms with Crippen LogP contribution in [0, 0.1) is 11.3 Å². The van der Waals surface area contributed by atoms with Crippen molar-refractivity contribution in [2.24, 2.45) is 0 Å². The Kier molecular flexibility index (Phi) is 4.89. The number of benzene rings is 1. The molecule has 0 amide bonds. The van der Waals surface area contributed by atoms with Gasteiger partial charge in [-0.2, -0.15) is 5.26 Å². The third kappa shape index (κ3) is 3.57. The Hall–Kier alpha value is -1.97. The Morgan fingerprint density at radius 3 is 2.57 bits per heavy atom. The van der Waals surface area contributed by atoms with Crippen molar-refractivity contribution in [2.45, 2.75) is 23.3 Å². The van der Waals surface area contributed by atoms with Crippen LogP contribution >= 0.6 is 23.1 Å². The van der Waals surface area contributed by atoms with Gasteiger partial charge in [0.15, 0.2) is 10.6 Å². The van der Waals surface area contributed by atoms with E-state index in [0.29, 0.717) is 15.5 Å². The summed E-state index contributed by atoms with van der Waals surface area (Å²) in [7, 11) is 0. The minimum absolute atomic E-state index is 0.0542. The van der Waals surface area contributed by atoms with Crippen molar-refractivity contribution in [2.75, 3.05) is 0 Å². The van der Waals surface area contributed by atoms with Crippen molar-refractivity contribution in [3.63, 3.8) is 0 Å². The molecule has 0 aliphatic rings. The van der Waals surface area contributed by atoms with E-state index >= 15 is 0 Å². The summed E-state index contributed by atoms with van der Waals surface area (Å²) in [5.74, 6) is -0.446. The largest absolute Gasteiger partial charge is 0.477 e. The average molecular weight is 319 g/mol. The molecule has 0 unspecified atom stereocenters. The van der Waals surface area contributed by atoms with Crippen LogP contribution in [0.1, 0.15) is 29.1 Å². The van der Waals surface area contributed by atoms with Crippen LogP contribution in [0.25, 0.3) is 0 Å². The Bertz CT molecular complexity index is 687. The molecule has 21 heavy (non-hydrogen) atoms. The molecule has 1 N–H and O–H groups in total. The number of thioether (sulfide) groups is 1. The molecule has 0 aliphatic heterocycles. The van der Waals surface area contributed by atoms with Crippen LogP contribution in [0.2, 0.25) is 0 Å². The van der Waals surface area contributed by atoms with Crippen LogP contribution in [0.5, 0.6) is 11.5 Å². The molecule has 0 saturated heterocycles. The van der Waals surface area contributed by atoms with Crippen molar-refractivity contribution in [3.8, 4) is 17.6 Å². The van der Waals surface area contributed by atoms with Gasteiger partial charge in [0.2, 0.25) is 0 Å². The highest BCUT2D eigenvalue weighted by Gasteiger charge is 2.25. The van der Waals surface area contributed by atoms with Gasteiger partial charge in [-0.3, -0.25) is 0 Å². The lowest BCUT2D eigenvalue weighted by Crippen LogP contribution is -1.96. The number of hydrogen-bond donors (Lipinski definition) is 1. The molecule has 0 fully saturated rings. The number of rotatable bonds is 5. The maximum absolute atomic E-state index is 11.4. The van der Waals surface area contributed by atoms with E-state index in [1.165, 1.54) is 11.8 Å². The van der Waals surface area contributed by atoms with Gasteiger partial charge in [0, 0.05) is 5.25 Å². The number of carboxylic acid groups (broad SMARTS) is 1. The molecule has 108 valence electrons. The number of nitrogens with zero attached hydrogens (tertiary/aromatic N) is 1. The molecule has 1 aromatic heterocycles. The number of hydrogen-bond acceptors (Lipinski definition) is 5. The summed E-state index contributed by atoms with van der Waals surface area (Å²) in [4.78, 5) is 11.4. The monoisotopic (exact) mass is 319 g/mol. The van der Waals surface area contributed by atoms with E-state index in [1.807, 2.05) is 19.9 Å². The summed E-state index contributed by atoms with van der Waals surface area (Å²) in [5.41, 5.74) is 0.292. The minimum Gasteiger partial charge on any atom is -0.477 e. The SMILES string of the molecule is CC(C)Sc1sc(C(=O)O)c(Oc2ccccc2)c1C#N. The maximum atomic E-state index is 11.4. The van der Waals surface area contributed by atoms with Crippen molar-refractivity contribution in [1.82, 2.24) is 0 Å². The maximum Gasteiger partial charge on any atom is 0.349 e. The molecular weight excluding hydrogens is 306 g/mol. The van der Waals surface area contributed by atoms with Gasteiger partial charge >= 0.3 is 5.97 Å². The fraction of sp³-hybridized carbons (Fsp3) is 0.200. The van der Waals surface area contributed by atoms with Crippen LogP contribution in [0.4, 0.5) is 0 Å². The molecule has 2 aromatic rings. The Labute approximate surface area is 131 Å². The second kappa shape index (κ2) is 6.66. The molecule has 0 atom stereocenters. The first-order valence-electron chi connectivity index (χ1n) is 6.22. The van der Waals surface area contributed by atoms with Crippen molar-refractivity contribution < 1.29 is 14.6 Å². The molecule has 0 bridgehead atoms. The zero-order valence-corrected chi connectivity index (χ0v) is 13.1. The van der Waals surface area contributed by atoms with Gasteiger partial charge in [-0.25, -0.2) is 4.79 Å². The molecular formula is C15H13NO3S2. The predicted octanol–water partition coefficient (Wildman–Crippen LogP) is 4.61. The van der Waals surface area contributed by atoms with Gasteiger partial charge in [-0.05, 0) is 12.1 Å². The smallest absolute Gasteiger partial charge is 0.349 e. The van der Waals surface area contributed by atoms with Gasteiger partial charge in [0.25, 0.3) is 0 Å². The lowest BCUT2D eigenvalue weighted by Gasteiger charge is -2.06. The second-order valence-electron chi connectivity index (χ2n) is 4.42. The highest BCUT2D eigenvalue weighted by Crippen LogP contribution is 2.43. The number of carbonyl (C=O) groups is 1. The Balaban J connectivity index is 2.49. The average Bonchev–Trinajstić information content (AvgIpc) is 2.77. The minimum atomic E-state index is -1.09. The summed E-state index contributed by atoms with van der Waals surface area (Å²) >= 11 is 2.55. The lowest BCUT2D eigenvalue weighted by atomic mass is 10.3. The molecule has 2 rings (SSSR count). The summed E-state index contributed by atoms with van der Waals surface area (Å²) in [6.45, 7) is 3.98. The van der Waals surface area contributed by atoms with E-state index in [4.69, 9.17) is 4.74 Å². The molecule has 4 nitrogen and oxygen atoms in total. The highest BCUT2D eigenvalue weighted by atomic mass is 32.2. The van der Waals surface area contributed by atoms with Gasteiger partial charge < -0.3 is 9.84 Å². The van der Waals surface area contributed by atoms with E-state index < -0.39 is 5.97 Å². The zero-order chi connectivity index (χ0) is 15.4. The van der Waals surface area contributed by atoms with E-state index in [0.717, 1.165) is 11.3 Å². The van der Waals surface area contributed by atoms with Crippen LogP contribution < -0.4 is 4.74 Å².